The second-order valence-electron chi connectivity index (χ2n) is 4.11. The van der Waals surface area contributed by atoms with E-state index in [1.165, 1.54) is 42.0 Å². The first-order valence-electron chi connectivity index (χ1n) is 5.82. The highest BCUT2D eigenvalue weighted by atomic mass is 32.2. The molecule has 1 nitrogen and oxygen atoms in total. The zero-order valence-electron chi connectivity index (χ0n) is 9.33. The van der Waals surface area contributed by atoms with E-state index in [2.05, 4.69) is 48.3 Å². The van der Waals surface area contributed by atoms with E-state index in [0.29, 0.717) is 6.04 Å². The molecule has 1 fully saturated rings. The molecule has 1 saturated heterocycles. The number of thioether (sulfide) groups is 1. The van der Waals surface area contributed by atoms with Crippen molar-refractivity contribution in [2.45, 2.75) is 32.2 Å². The lowest BCUT2D eigenvalue weighted by molar-refractivity contribution is 0.807. The Labute approximate surface area is 96.7 Å². The number of anilines is 1. The Hall–Kier alpha value is -0.630. The standard InChI is InChI=1S/C13H19NS/c1-2-5-11-6-3-4-7-13(11)14-12-8-9-15-10-12/h3-4,6-7,12,14H,2,5,8-10H2,1H3/t12-/m0/s1. The van der Waals surface area contributed by atoms with Crippen LogP contribution >= 0.6 is 11.8 Å². The van der Waals surface area contributed by atoms with Gasteiger partial charge in [-0.15, -0.1) is 0 Å². The van der Waals surface area contributed by atoms with Crippen LogP contribution in [0.4, 0.5) is 5.69 Å². The summed E-state index contributed by atoms with van der Waals surface area (Å²) in [6.45, 7) is 2.24. The number of para-hydroxylation sites is 1. The van der Waals surface area contributed by atoms with E-state index in [1.807, 2.05) is 0 Å². The highest BCUT2D eigenvalue weighted by Gasteiger charge is 2.15. The number of hydrogen-bond acceptors (Lipinski definition) is 2. The number of rotatable bonds is 4. The van der Waals surface area contributed by atoms with Gasteiger partial charge in [0.2, 0.25) is 0 Å². The second-order valence-corrected chi connectivity index (χ2v) is 5.26. The van der Waals surface area contributed by atoms with Gasteiger partial charge >= 0.3 is 0 Å². The Morgan fingerprint density at radius 2 is 2.27 bits per heavy atom. The minimum Gasteiger partial charge on any atom is -0.381 e. The lowest BCUT2D eigenvalue weighted by Crippen LogP contribution is -2.18. The smallest absolute Gasteiger partial charge is 0.0375 e. The molecule has 2 heteroatoms. The molecule has 1 aromatic carbocycles. The molecule has 2 rings (SSSR count). The van der Waals surface area contributed by atoms with Crippen LogP contribution in [-0.2, 0) is 6.42 Å². The molecule has 1 aliphatic heterocycles. The molecule has 0 bridgehead atoms. The Morgan fingerprint density at radius 3 is 3.00 bits per heavy atom. The van der Waals surface area contributed by atoms with Crippen molar-refractivity contribution >= 4 is 17.4 Å². The summed E-state index contributed by atoms with van der Waals surface area (Å²) in [5.41, 5.74) is 2.82. The molecule has 1 heterocycles. The maximum Gasteiger partial charge on any atom is 0.0375 e. The van der Waals surface area contributed by atoms with Gasteiger partial charge in [0.1, 0.15) is 0 Å². The van der Waals surface area contributed by atoms with Gasteiger partial charge in [0.05, 0.1) is 0 Å². The van der Waals surface area contributed by atoms with Gasteiger partial charge in [0.15, 0.2) is 0 Å². The van der Waals surface area contributed by atoms with Crippen LogP contribution in [0.3, 0.4) is 0 Å². The van der Waals surface area contributed by atoms with Crippen molar-refractivity contribution < 1.29 is 0 Å². The maximum atomic E-state index is 3.67. The fraction of sp³-hybridized carbons (Fsp3) is 0.538. The molecule has 1 atom stereocenters. The predicted molar refractivity (Wildman–Crippen MR) is 69.8 cm³/mol. The molecule has 0 aromatic heterocycles. The third-order valence-electron chi connectivity index (χ3n) is 2.83. The summed E-state index contributed by atoms with van der Waals surface area (Å²) in [6.07, 6.45) is 3.71. The van der Waals surface area contributed by atoms with Crippen LogP contribution in [0.2, 0.25) is 0 Å². The highest BCUT2D eigenvalue weighted by molar-refractivity contribution is 7.99. The van der Waals surface area contributed by atoms with Crippen LogP contribution in [0, 0.1) is 0 Å². The largest absolute Gasteiger partial charge is 0.381 e. The fourth-order valence-corrected chi connectivity index (χ4v) is 3.17. The van der Waals surface area contributed by atoms with Crippen molar-refractivity contribution in [1.29, 1.82) is 0 Å². The average molecular weight is 221 g/mol. The normalized spacial score (nSPS) is 20.5. The molecule has 1 N–H and O–H groups in total. The van der Waals surface area contributed by atoms with Crippen LogP contribution in [0.25, 0.3) is 0 Å². The number of nitrogens with one attached hydrogen (secondary N) is 1. The zero-order chi connectivity index (χ0) is 10.5. The molecule has 0 unspecified atom stereocenters. The van der Waals surface area contributed by atoms with Gasteiger partial charge < -0.3 is 5.32 Å². The van der Waals surface area contributed by atoms with Gasteiger partial charge in [-0.1, -0.05) is 31.5 Å². The Bertz CT molecular complexity index is 305. The van der Waals surface area contributed by atoms with Crippen LogP contribution in [-0.4, -0.2) is 17.5 Å². The van der Waals surface area contributed by atoms with Crippen molar-refractivity contribution in [3.63, 3.8) is 0 Å². The molecule has 82 valence electrons. The van der Waals surface area contributed by atoms with Gasteiger partial charge in [0, 0.05) is 17.5 Å². The summed E-state index contributed by atoms with van der Waals surface area (Å²) in [7, 11) is 0. The molecular formula is C13H19NS. The predicted octanol–water partition coefficient (Wildman–Crippen LogP) is 3.56. The minimum atomic E-state index is 0.688. The van der Waals surface area contributed by atoms with E-state index >= 15 is 0 Å². The lowest BCUT2D eigenvalue weighted by Gasteiger charge is -2.16. The van der Waals surface area contributed by atoms with Gasteiger partial charge in [-0.05, 0) is 30.2 Å². The van der Waals surface area contributed by atoms with E-state index < -0.39 is 0 Å². The molecule has 0 aliphatic carbocycles. The molecule has 1 aliphatic rings. The Kier molecular flexibility index (Phi) is 3.95. The van der Waals surface area contributed by atoms with E-state index in [4.69, 9.17) is 0 Å². The third-order valence-corrected chi connectivity index (χ3v) is 3.99. The first kappa shape index (κ1) is 10.9. The monoisotopic (exact) mass is 221 g/mol. The van der Waals surface area contributed by atoms with Crippen LogP contribution < -0.4 is 5.32 Å². The average Bonchev–Trinajstić information content (AvgIpc) is 2.74. The summed E-state index contributed by atoms with van der Waals surface area (Å²) in [6, 6.07) is 9.42. The summed E-state index contributed by atoms with van der Waals surface area (Å²) in [4.78, 5) is 0. The van der Waals surface area contributed by atoms with E-state index in [1.54, 1.807) is 0 Å². The summed E-state index contributed by atoms with van der Waals surface area (Å²) in [5.74, 6) is 2.58. The summed E-state index contributed by atoms with van der Waals surface area (Å²) in [5, 5.41) is 3.67. The van der Waals surface area contributed by atoms with Crippen molar-refractivity contribution in [3.05, 3.63) is 29.8 Å². The molecule has 0 spiro atoms. The quantitative estimate of drug-likeness (QED) is 0.834. The van der Waals surface area contributed by atoms with Gasteiger partial charge in [-0.25, -0.2) is 0 Å². The number of aryl methyl sites for hydroxylation is 1. The SMILES string of the molecule is CCCc1ccccc1N[C@H]1CCSC1. The Morgan fingerprint density at radius 1 is 1.40 bits per heavy atom. The van der Waals surface area contributed by atoms with Gasteiger partial charge in [-0.2, -0.15) is 11.8 Å². The number of benzene rings is 1. The van der Waals surface area contributed by atoms with Gasteiger partial charge in [0.25, 0.3) is 0 Å². The minimum absolute atomic E-state index is 0.688. The van der Waals surface area contributed by atoms with Gasteiger partial charge in [-0.3, -0.25) is 0 Å². The van der Waals surface area contributed by atoms with Crippen LogP contribution in [0.15, 0.2) is 24.3 Å². The van der Waals surface area contributed by atoms with Crippen LogP contribution in [0.1, 0.15) is 25.3 Å². The van der Waals surface area contributed by atoms with E-state index in [-0.39, 0.29) is 0 Å². The third kappa shape index (κ3) is 2.91. The van der Waals surface area contributed by atoms with Crippen molar-refractivity contribution in [1.82, 2.24) is 0 Å². The molecule has 0 amide bonds. The molecule has 0 radical (unpaired) electrons. The van der Waals surface area contributed by atoms with Crippen molar-refractivity contribution in [2.24, 2.45) is 0 Å². The summed E-state index contributed by atoms with van der Waals surface area (Å²) >= 11 is 2.06. The summed E-state index contributed by atoms with van der Waals surface area (Å²) < 4.78 is 0. The van der Waals surface area contributed by atoms with E-state index in [0.717, 1.165) is 0 Å². The molecular weight excluding hydrogens is 202 g/mol. The molecule has 15 heavy (non-hydrogen) atoms. The molecule has 0 saturated carbocycles. The van der Waals surface area contributed by atoms with Crippen LogP contribution in [0.5, 0.6) is 0 Å². The second kappa shape index (κ2) is 5.45. The first-order valence-corrected chi connectivity index (χ1v) is 6.98. The van der Waals surface area contributed by atoms with Crippen molar-refractivity contribution in [2.75, 3.05) is 16.8 Å². The maximum absolute atomic E-state index is 3.67. The first-order chi connectivity index (χ1) is 7.40. The Balaban J connectivity index is 2.05. The molecule has 1 aromatic rings. The lowest BCUT2D eigenvalue weighted by atomic mass is 10.1. The zero-order valence-corrected chi connectivity index (χ0v) is 10.1. The highest BCUT2D eigenvalue weighted by Crippen LogP contribution is 2.24. The number of hydrogen-bond donors (Lipinski definition) is 1. The topological polar surface area (TPSA) is 12.0 Å². The fourth-order valence-electron chi connectivity index (χ4n) is 2.02. The van der Waals surface area contributed by atoms with E-state index in [9.17, 15) is 0 Å². The van der Waals surface area contributed by atoms with Crippen molar-refractivity contribution in [3.8, 4) is 0 Å².